The van der Waals surface area contributed by atoms with Crippen LogP contribution in [0.15, 0.2) is 0 Å². The van der Waals surface area contributed by atoms with Crippen LogP contribution in [-0.2, 0) is 9.59 Å². The summed E-state index contributed by atoms with van der Waals surface area (Å²) >= 11 is 1.34. The first kappa shape index (κ1) is 11.3. The fourth-order valence-electron chi connectivity index (χ4n) is 0.595. The average molecular weight is 191 g/mol. The van der Waals surface area contributed by atoms with Crippen molar-refractivity contribution < 1.29 is 14.7 Å². The molecule has 0 aromatic rings. The van der Waals surface area contributed by atoms with Crippen molar-refractivity contribution in [3.8, 4) is 0 Å². The van der Waals surface area contributed by atoms with Crippen molar-refractivity contribution in [2.45, 2.75) is 18.6 Å². The molecular weight excluding hydrogens is 178 g/mol. The highest BCUT2D eigenvalue weighted by Crippen LogP contribution is 2.12. The number of carbonyl (C=O) groups is 2. The summed E-state index contributed by atoms with van der Waals surface area (Å²) in [6.07, 6.45) is 0.0989. The molecule has 0 radical (unpaired) electrons. The van der Waals surface area contributed by atoms with Gasteiger partial charge in [-0.2, -0.15) is 0 Å². The number of carboxylic acid groups (broad SMARTS) is 1. The molecule has 0 aliphatic carbocycles. The molecule has 70 valence electrons. The molecule has 0 heterocycles. The van der Waals surface area contributed by atoms with Crippen LogP contribution >= 0.6 is 11.8 Å². The molecular formula is C7H13NO3S. The summed E-state index contributed by atoms with van der Waals surface area (Å²) in [5.41, 5.74) is 0. The number of rotatable bonds is 5. The minimum atomic E-state index is -0.827. The molecule has 1 atom stereocenters. The van der Waals surface area contributed by atoms with Crippen molar-refractivity contribution in [1.29, 1.82) is 0 Å². The lowest BCUT2D eigenvalue weighted by atomic mass is 10.3. The monoisotopic (exact) mass is 191 g/mol. The number of hydrogen-bond donors (Lipinski definition) is 2. The maximum absolute atomic E-state index is 10.7. The van der Waals surface area contributed by atoms with Gasteiger partial charge in [0.05, 0.1) is 12.2 Å². The van der Waals surface area contributed by atoms with Gasteiger partial charge in [-0.15, -0.1) is 11.8 Å². The zero-order chi connectivity index (χ0) is 9.56. The van der Waals surface area contributed by atoms with Gasteiger partial charge in [-0.1, -0.05) is 6.92 Å². The van der Waals surface area contributed by atoms with Gasteiger partial charge in [0.25, 0.3) is 0 Å². The zero-order valence-electron chi connectivity index (χ0n) is 7.16. The lowest BCUT2D eigenvalue weighted by Gasteiger charge is -2.06. The normalized spacial score (nSPS) is 12.2. The highest BCUT2D eigenvalue weighted by molar-refractivity contribution is 8.00. The van der Waals surface area contributed by atoms with E-state index < -0.39 is 5.97 Å². The van der Waals surface area contributed by atoms with Gasteiger partial charge < -0.3 is 10.4 Å². The van der Waals surface area contributed by atoms with Gasteiger partial charge in [0.15, 0.2) is 0 Å². The Morgan fingerprint density at radius 3 is 2.58 bits per heavy atom. The molecule has 4 nitrogen and oxygen atoms in total. The lowest BCUT2D eigenvalue weighted by Crippen LogP contribution is -2.21. The third-order valence-electron chi connectivity index (χ3n) is 1.24. The van der Waals surface area contributed by atoms with E-state index >= 15 is 0 Å². The standard InChI is InChI=1S/C7H13NO3S/c1-5(3-7(10)11)12-4-6(9)8-2/h5H,3-4H2,1-2H3,(H,8,9)(H,10,11). The molecule has 0 bridgehead atoms. The fourth-order valence-corrected chi connectivity index (χ4v) is 1.44. The van der Waals surface area contributed by atoms with Crippen LogP contribution in [0.4, 0.5) is 0 Å². The minimum absolute atomic E-state index is 0.0141. The fraction of sp³-hybridized carbons (Fsp3) is 0.714. The molecule has 0 aromatic heterocycles. The Bertz CT molecular complexity index is 172. The topological polar surface area (TPSA) is 66.4 Å². The second-order valence-corrected chi connectivity index (χ2v) is 3.82. The lowest BCUT2D eigenvalue weighted by molar-refractivity contribution is -0.136. The Kier molecular flexibility index (Phi) is 5.53. The smallest absolute Gasteiger partial charge is 0.304 e. The molecule has 0 spiro atoms. The van der Waals surface area contributed by atoms with E-state index in [9.17, 15) is 9.59 Å². The molecule has 0 aromatic carbocycles. The molecule has 0 saturated heterocycles. The summed E-state index contributed by atoms with van der Waals surface area (Å²) in [5, 5.41) is 10.8. The number of thioether (sulfide) groups is 1. The van der Waals surface area contributed by atoms with Crippen LogP contribution in [0.2, 0.25) is 0 Å². The highest BCUT2D eigenvalue weighted by atomic mass is 32.2. The van der Waals surface area contributed by atoms with Crippen LogP contribution in [0, 0.1) is 0 Å². The van der Waals surface area contributed by atoms with Crippen LogP contribution in [0.25, 0.3) is 0 Å². The van der Waals surface area contributed by atoms with Gasteiger partial charge in [-0.3, -0.25) is 9.59 Å². The number of hydrogen-bond acceptors (Lipinski definition) is 3. The van der Waals surface area contributed by atoms with E-state index in [0.717, 1.165) is 0 Å². The summed E-state index contributed by atoms with van der Waals surface area (Å²) in [6, 6.07) is 0. The summed E-state index contributed by atoms with van der Waals surface area (Å²) in [4.78, 5) is 20.9. The van der Waals surface area contributed by atoms with Crippen molar-refractivity contribution in [2.75, 3.05) is 12.8 Å². The number of carbonyl (C=O) groups excluding carboxylic acids is 1. The number of amides is 1. The van der Waals surface area contributed by atoms with E-state index in [2.05, 4.69) is 5.32 Å². The zero-order valence-corrected chi connectivity index (χ0v) is 7.98. The first-order valence-corrected chi connectivity index (χ1v) is 4.65. The molecule has 1 unspecified atom stereocenters. The average Bonchev–Trinajstić information content (AvgIpc) is 1.99. The molecule has 0 saturated carbocycles. The maximum Gasteiger partial charge on any atom is 0.304 e. The summed E-state index contributed by atoms with van der Waals surface area (Å²) in [6.45, 7) is 1.79. The molecule has 0 fully saturated rings. The molecule has 5 heteroatoms. The Morgan fingerprint density at radius 2 is 2.17 bits per heavy atom. The van der Waals surface area contributed by atoms with Crippen molar-refractivity contribution in [1.82, 2.24) is 5.32 Å². The van der Waals surface area contributed by atoms with Crippen LogP contribution < -0.4 is 5.32 Å². The van der Waals surface area contributed by atoms with Gasteiger partial charge in [0.2, 0.25) is 5.91 Å². The Hall–Kier alpha value is -0.710. The number of aliphatic carboxylic acids is 1. The van der Waals surface area contributed by atoms with Gasteiger partial charge in [-0.05, 0) is 0 Å². The highest BCUT2D eigenvalue weighted by Gasteiger charge is 2.09. The quantitative estimate of drug-likeness (QED) is 0.657. The minimum Gasteiger partial charge on any atom is -0.481 e. The number of carboxylic acids is 1. The van der Waals surface area contributed by atoms with Crippen molar-refractivity contribution in [3.63, 3.8) is 0 Å². The molecule has 12 heavy (non-hydrogen) atoms. The number of nitrogens with one attached hydrogen (secondary N) is 1. The van der Waals surface area contributed by atoms with E-state index in [1.165, 1.54) is 11.8 Å². The van der Waals surface area contributed by atoms with Crippen LogP contribution in [-0.4, -0.2) is 35.0 Å². The second kappa shape index (κ2) is 5.88. The van der Waals surface area contributed by atoms with Crippen molar-refractivity contribution >= 4 is 23.6 Å². The predicted molar refractivity (Wildman–Crippen MR) is 48.2 cm³/mol. The molecule has 0 aliphatic heterocycles. The summed E-state index contributed by atoms with van der Waals surface area (Å²) in [7, 11) is 1.56. The van der Waals surface area contributed by atoms with Crippen LogP contribution in [0.1, 0.15) is 13.3 Å². The molecule has 0 rings (SSSR count). The Labute approximate surface area is 75.7 Å². The summed E-state index contributed by atoms with van der Waals surface area (Å²) in [5.74, 6) is -0.575. The Balaban J connectivity index is 3.50. The van der Waals surface area contributed by atoms with Crippen molar-refractivity contribution in [3.05, 3.63) is 0 Å². The third kappa shape index (κ3) is 6.03. The molecule has 0 aliphatic rings. The first-order valence-electron chi connectivity index (χ1n) is 3.60. The van der Waals surface area contributed by atoms with E-state index in [0.29, 0.717) is 5.75 Å². The van der Waals surface area contributed by atoms with Gasteiger partial charge in [-0.25, -0.2) is 0 Å². The van der Waals surface area contributed by atoms with Gasteiger partial charge in [0, 0.05) is 12.3 Å². The van der Waals surface area contributed by atoms with Crippen LogP contribution in [0.5, 0.6) is 0 Å². The maximum atomic E-state index is 10.7. The van der Waals surface area contributed by atoms with E-state index in [1.54, 1.807) is 14.0 Å². The van der Waals surface area contributed by atoms with Gasteiger partial charge >= 0.3 is 5.97 Å². The second-order valence-electron chi connectivity index (χ2n) is 2.39. The Morgan fingerprint density at radius 1 is 1.58 bits per heavy atom. The van der Waals surface area contributed by atoms with Gasteiger partial charge in [0.1, 0.15) is 0 Å². The molecule has 2 N–H and O–H groups in total. The van der Waals surface area contributed by atoms with E-state index in [-0.39, 0.29) is 17.6 Å². The first-order chi connectivity index (χ1) is 5.56. The van der Waals surface area contributed by atoms with E-state index in [4.69, 9.17) is 5.11 Å². The molecule has 1 amide bonds. The van der Waals surface area contributed by atoms with E-state index in [1.807, 2.05) is 0 Å². The summed E-state index contributed by atoms with van der Waals surface area (Å²) < 4.78 is 0. The third-order valence-corrected chi connectivity index (χ3v) is 2.40. The predicted octanol–water partition coefficient (Wildman–Crippen LogP) is 0.329. The van der Waals surface area contributed by atoms with Crippen molar-refractivity contribution in [2.24, 2.45) is 0 Å². The van der Waals surface area contributed by atoms with Crippen LogP contribution in [0.3, 0.4) is 0 Å². The largest absolute Gasteiger partial charge is 0.481 e. The SMILES string of the molecule is CNC(=O)CSC(C)CC(=O)O.